The lowest BCUT2D eigenvalue weighted by molar-refractivity contribution is 0.392. The number of aryl methyl sites for hydroxylation is 2. The molecule has 0 aliphatic heterocycles. The Morgan fingerprint density at radius 1 is 0.967 bits per heavy atom. The third-order valence-corrected chi connectivity index (χ3v) is 5.03. The number of halogens is 1. The van der Waals surface area contributed by atoms with Gasteiger partial charge in [0.25, 0.3) is 0 Å². The Morgan fingerprint density at radius 2 is 1.57 bits per heavy atom. The molecule has 5 nitrogen and oxygen atoms in total. The summed E-state index contributed by atoms with van der Waals surface area (Å²) < 4.78 is 5.25. The molecular formula is C24H31IN4O. The highest BCUT2D eigenvalue weighted by Crippen LogP contribution is 2.24. The topological polar surface area (TPSA) is 62.5 Å². The van der Waals surface area contributed by atoms with Gasteiger partial charge in [-0.3, -0.25) is 4.99 Å². The molecule has 1 heterocycles. The number of nitrogens with one attached hydrogen (secondary N) is 2. The molecule has 2 N–H and O–H groups in total. The number of guanidine groups is 1. The van der Waals surface area contributed by atoms with Crippen LogP contribution in [0.25, 0.3) is 0 Å². The molecular weight excluding hydrogens is 487 g/mol. The lowest BCUT2D eigenvalue weighted by Gasteiger charge is -2.18. The predicted molar refractivity (Wildman–Crippen MR) is 134 cm³/mol. The molecule has 0 aliphatic carbocycles. The van der Waals surface area contributed by atoms with Gasteiger partial charge in [-0.1, -0.05) is 65.8 Å². The van der Waals surface area contributed by atoms with Crippen LogP contribution in [0.1, 0.15) is 41.0 Å². The monoisotopic (exact) mass is 518 g/mol. The number of rotatable bonds is 8. The van der Waals surface area contributed by atoms with Crippen molar-refractivity contribution in [2.75, 3.05) is 19.6 Å². The van der Waals surface area contributed by atoms with Crippen LogP contribution in [0.5, 0.6) is 0 Å². The van der Waals surface area contributed by atoms with Crippen molar-refractivity contribution in [1.29, 1.82) is 0 Å². The van der Waals surface area contributed by atoms with E-state index >= 15 is 0 Å². The first-order valence-electron chi connectivity index (χ1n) is 10.2. The van der Waals surface area contributed by atoms with E-state index in [0.717, 1.165) is 36.9 Å². The Labute approximate surface area is 196 Å². The van der Waals surface area contributed by atoms with Crippen LogP contribution in [0.4, 0.5) is 0 Å². The van der Waals surface area contributed by atoms with E-state index in [2.05, 4.69) is 83.4 Å². The summed E-state index contributed by atoms with van der Waals surface area (Å²) in [5.74, 6) is 1.94. The molecule has 2 aromatic carbocycles. The van der Waals surface area contributed by atoms with E-state index in [9.17, 15) is 0 Å². The minimum absolute atomic E-state index is 0. The fourth-order valence-electron chi connectivity index (χ4n) is 3.46. The number of hydrogen-bond donors (Lipinski definition) is 2. The second-order valence-corrected chi connectivity index (χ2v) is 7.07. The summed E-state index contributed by atoms with van der Waals surface area (Å²) in [4.78, 5) is 4.89. The number of hydrogen-bond acceptors (Lipinski definition) is 3. The zero-order chi connectivity index (χ0) is 20.5. The summed E-state index contributed by atoms with van der Waals surface area (Å²) in [6, 6.07) is 21.1. The maximum atomic E-state index is 5.25. The molecule has 0 aliphatic rings. The summed E-state index contributed by atoms with van der Waals surface area (Å²) in [5.41, 5.74) is 4.67. The fourth-order valence-corrected chi connectivity index (χ4v) is 3.46. The molecule has 0 atom stereocenters. The van der Waals surface area contributed by atoms with Gasteiger partial charge in [0.05, 0.1) is 12.2 Å². The molecule has 1 aromatic heterocycles. The first-order valence-corrected chi connectivity index (χ1v) is 10.2. The molecule has 0 radical (unpaired) electrons. The van der Waals surface area contributed by atoms with Crippen LogP contribution in [0.2, 0.25) is 0 Å². The third kappa shape index (κ3) is 6.58. The Morgan fingerprint density at radius 3 is 2.07 bits per heavy atom. The predicted octanol–water partition coefficient (Wildman–Crippen LogP) is 4.84. The molecule has 160 valence electrons. The number of nitrogens with zero attached hydrogens (tertiary/aromatic N) is 2. The van der Waals surface area contributed by atoms with Crippen LogP contribution >= 0.6 is 24.0 Å². The van der Waals surface area contributed by atoms with Crippen LogP contribution in [0.15, 0.2) is 70.2 Å². The molecule has 0 fully saturated rings. The van der Waals surface area contributed by atoms with Crippen LogP contribution in [0, 0.1) is 13.8 Å². The van der Waals surface area contributed by atoms with Gasteiger partial charge in [0.15, 0.2) is 5.96 Å². The van der Waals surface area contributed by atoms with Gasteiger partial charge >= 0.3 is 0 Å². The lowest BCUT2D eigenvalue weighted by Crippen LogP contribution is -2.38. The Kier molecular flexibility index (Phi) is 9.86. The molecule has 0 saturated heterocycles. The normalized spacial score (nSPS) is 11.3. The average molecular weight is 518 g/mol. The summed E-state index contributed by atoms with van der Waals surface area (Å²) in [6.07, 6.45) is 0.854. The smallest absolute Gasteiger partial charge is 0.191 e. The first kappa shape index (κ1) is 23.9. The first-order chi connectivity index (χ1) is 14.2. The third-order valence-electron chi connectivity index (χ3n) is 5.03. The van der Waals surface area contributed by atoms with E-state index in [1.54, 1.807) is 0 Å². The molecule has 0 unspecified atom stereocenters. The minimum atomic E-state index is 0. The van der Waals surface area contributed by atoms with Crippen molar-refractivity contribution in [3.8, 4) is 0 Å². The fraction of sp³-hybridized carbons (Fsp3) is 0.333. The van der Waals surface area contributed by atoms with E-state index in [1.165, 1.54) is 16.7 Å². The molecule has 0 bridgehead atoms. The molecule has 6 heteroatoms. The minimum Gasteiger partial charge on any atom is -0.361 e. The zero-order valence-electron chi connectivity index (χ0n) is 17.9. The maximum Gasteiger partial charge on any atom is 0.191 e. The highest BCUT2D eigenvalue weighted by atomic mass is 127. The molecule has 30 heavy (non-hydrogen) atoms. The number of aromatic nitrogens is 1. The summed E-state index contributed by atoms with van der Waals surface area (Å²) >= 11 is 0. The van der Waals surface area contributed by atoms with Gasteiger partial charge < -0.3 is 15.2 Å². The summed E-state index contributed by atoms with van der Waals surface area (Å²) in [5, 5.41) is 10.8. The standard InChI is InChI=1S/C24H30N4O.HI/c1-4-25-24(26-16-15-22-18(2)28-29-19(22)3)27-17-23(20-11-7-5-8-12-20)21-13-9-6-10-14-21;/h5-14,23H,4,15-17H2,1-3H3,(H2,25,26,27);1H. The highest BCUT2D eigenvalue weighted by Gasteiger charge is 2.14. The Balaban J connectivity index is 0.00000320. The maximum absolute atomic E-state index is 5.25. The SMILES string of the molecule is CCNC(=NCC(c1ccccc1)c1ccccc1)NCCc1c(C)noc1C.I. The van der Waals surface area contributed by atoms with Crippen molar-refractivity contribution in [3.63, 3.8) is 0 Å². The van der Waals surface area contributed by atoms with Gasteiger partial charge in [0, 0.05) is 24.6 Å². The van der Waals surface area contributed by atoms with E-state index in [-0.39, 0.29) is 29.9 Å². The number of benzene rings is 2. The second-order valence-electron chi connectivity index (χ2n) is 7.07. The van der Waals surface area contributed by atoms with Crippen molar-refractivity contribution < 1.29 is 4.52 Å². The highest BCUT2D eigenvalue weighted by molar-refractivity contribution is 14.0. The molecule has 0 saturated carbocycles. The van der Waals surface area contributed by atoms with Crippen LogP contribution in [-0.4, -0.2) is 30.8 Å². The average Bonchev–Trinajstić information content (AvgIpc) is 3.07. The Bertz CT molecular complexity index is 850. The lowest BCUT2D eigenvalue weighted by atomic mass is 9.91. The summed E-state index contributed by atoms with van der Waals surface area (Å²) in [7, 11) is 0. The largest absolute Gasteiger partial charge is 0.361 e. The van der Waals surface area contributed by atoms with Crippen molar-refractivity contribution in [2.24, 2.45) is 4.99 Å². The quantitative estimate of drug-likeness (QED) is 0.255. The second kappa shape index (κ2) is 12.4. The van der Waals surface area contributed by atoms with E-state index in [4.69, 9.17) is 9.52 Å². The van der Waals surface area contributed by atoms with Gasteiger partial charge in [-0.15, -0.1) is 24.0 Å². The van der Waals surface area contributed by atoms with E-state index < -0.39 is 0 Å². The van der Waals surface area contributed by atoms with Crippen molar-refractivity contribution >= 4 is 29.9 Å². The van der Waals surface area contributed by atoms with Gasteiger partial charge in [-0.25, -0.2) is 0 Å². The number of aliphatic imine (C=N–C) groups is 1. The van der Waals surface area contributed by atoms with Crippen molar-refractivity contribution in [3.05, 3.63) is 88.8 Å². The zero-order valence-corrected chi connectivity index (χ0v) is 20.2. The molecule has 3 aromatic rings. The summed E-state index contributed by atoms with van der Waals surface area (Å²) in [6.45, 7) is 8.29. The van der Waals surface area contributed by atoms with E-state index in [0.29, 0.717) is 6.54 Å². The van der Waals surface area contributed by atoms with Gasteiger partial charge in [-0.2, -0.15) is 0 Å². The van der Waals surface area contributed by atoms with Crippen molar-refractivity contribution in [1.82, 2.24) is 15.8 Å². The van der Waals surface area contributed by atoms with Gasteiger partial charge in [-0.05, 0) is 38.3 Å². The van der Waals surface area contributed by atoms with Crippen molar-refractivity contribution in [2.45, 2.75) is 33.1 Å². The Hall–Kier alpha value is -2.35. The van der Waals surface area contributed by atoms with E-state index in [1.807, 2.05) is 13.8 Å². The molecule has 0 amide bonds. The molecule has 0 spiro atoms. The van der Waals surface area contributed by atoms with Crippen LogP contribution in [-0.2, 0) is 6.42 Å². The molecule has 3 rings (SSSR count). The van der Waals surface area contributed by atoms with Crippen LogP contribution in [0.3, 0.4) is 0 Å². The van der Waals surface area contributed by atoms with Gasteiger partial charge in [0.2, 0.25) is 0 Å². The van der Waals surface area contributed by atoms with Crippen LogP contribution < -0.4 is 10.6 Å². The van der Waals surface area contributed by atoms with Gasteiger partial charge in [0.1, 0.15) is 5.76 Å².